The highest BCUT2D eigenvalue weighted by Crippen LogP contribution is 2.80. The van der Waals surface area contributed by atoms with Crippen LogP contribution >= 0.6 is 0 Å². The third-order valence-corrected chi connectivity index (χ3v) is 6.89. The third kappa shape index (κ3) is 1.57. The first kappa shape index (κ1) is 14.9. The van der Waals surface area contributed by atoms with Crippen LogP contribution in [0, 0.1) is 23.7 Å². The van der Waals surface area contributed by atoms with Gasteiger partial charge in [0, 0.05) is 11.5 Å². The van der Waals surface area contributed by atoms with Crippen LogP contribution in [0.3, 0.4) is 0 Å². The highest BCUT2D eigenvalue weighted by molar-refractivity contribution is 6.09. The highest BCUT2D eigenvalue weighted by atomic mass is 16.5. The quantitative estimate of drug-likeness (QED) is 0.637. The van der Waals surface area contributed by atoms with Crippen LogP contribution in [0.15, 0.2) is 54.6 Å². The molecule has 2 aromatic carbocycles. The number of ether oxygens (including phenoxy) is 1. The van der Waals surface area contributed by atoms with Crippen molar-refractivity contribution in [2.75, 3.05) is 7.11 Å². The Balaban J connectivity index is 1.73. The molecule has 3 heteroatoms. The molecule has 126 valence electrons. The SMILES string of the molecule is COC(=O)[C@H]1C2c3ccccc3C3(C(=O)c4ccccc4)C(C2C)C13. The maximum Gasteiger partial charge on any atom is 0.309 e. The van der Waals surface area contributed by atoms with E-state index in [0.717, 1.165) is 11.1 Å². The van der Waals surface area contributed by atoms with Crippen molar-refractivity contribution in [3.63, 3.8) is 0 Å². The number of carbonyl (C=O) groups excluding carboxylic acids is 2. The number of methoxy groups -OCH3 is 1. The number of hydrogen-bond acceptors (Lipinski definition) is 3. The Labute approximate surface area is 147 Å². The average molecular weight is 332 g/mol. The van der Waals surface area contributed by atoms with Gasteiger partial charge in [0.25, 0.3) is 0 Å². The molecule has 6 rings (SSSR count). The summed E-state index contributed by atoms with van der Waals surface area (Å²) >= 11 is 0. The molecule has 6 atom stereocenters. The summed E-state index contributed by atoms with van der Waals surface area (Å²) in [6.45, 7) is 2.20. The molecule has 25 heavy (non-hydrogen) atoms. The number of rotatable bonds is 3. The van der Waals surface area contributed by atoms with Crippen molar-refractivity contribution >= 4 is 11.8 Å². The molecule has 0 saturated heterocycles. The molecule has 0 spiro atoms. The minimum atomic E-state index is -0.551. The van der Waals surface area contributed by atoms with E-state index in [1.165, 1.54) is 12.7 Å². The van der Waals surface area contributed by atoms with E-state index in [2.05, 4.69) is 19.1 Å². The van der Waals surface area contributed by atoms with Gasteiger partial charge in [-0.25, -0.2) is 0 Å². The summed E-state index contributed by atoms with van der Waals surface area (Å²) in [5, 5.41) is 0. The molecule has 0 heterocycles. The lowest BCUT2D eigenvalue weighted by atomic mass is 9.62. The van der Waals surface area contributed by atoms with Crippen LogP contribution in [0.4, 0.5) is 0 Å². The fourth-order valence-electron chi connectivity index (χ4n) is 6.15. The normalized spacial score (nSPS) is 36.5. The Kier molecular flexibility index (Phi) is 2.87. The smallest absolute Gasteiger partial charge is 0.309 e. The lowest BCUT2D eigenvalue weighted by Crippen LogP contribution is -2.42. The standard InChI is InChI=1S/C22H20O3/c1-12-16-14-10-6-7-11-15(14)22(20(23)13-8-4-3-5-9-13)18(12)19(22)17(16)21(24)25-2/h3-12,16-19H,1-2H3/t12?,16?,17-,18?,19?,22?/m0/s1. The number of ketones is 1. The van der Waals surface area contributed by atoms with Crippen LogP contribution < -0.4 is 0 Å². The predicted octanol–water partition coefficient (Wildman–Crippen LogP) is 3.59. The van der Waals surface area contributed by atoms with E-state index in [0.29, 0.717) is 5.92 Å². The fraction of sp³-hybridized carbons (Fsp3) is 0.364. The highest BCUT2D eigenvalue weighted by Gasteiger charge is 2.83. The van der Waals surface area contributed by atoms with E-state index in [1.807, 2.05) is 42.5 Å². The molecule has 4 aliphatic carbocycles. The Morgan fingerprint density at radius 3 is 2.36 bits per heavy atom. The summed E-state index contributed by atoms with van der Waals surface area (Å²) in [5.41, 5.74) is 2.49. The molecule has 0 amide bonds. The Bertz CT molecular complexity index is 887. The van der Waals surface area contributed by atoms with Crippen molar-refractivity contribution in [1.82, 2.24) is 0 Å². The van der Waals surface area contributed by atoms with Crippen molar-refractivity contribution in [2.45, 2.75) is 18.3 Å². The molecule has 4 bridgehead atoms. The Morgan fingerprint density at radius 2 is 1.64 bits per heavy atom. The zero-order valence-electron chi connectivity index (χ0n) is 14.3. The van der Waals surface area contributed by atoms with Gasteiger partial charge in [-0.1, -0.05) is 61.5 Å². The van der Waals surface area contributed by atoms with E-state index in [4.69, 9.17) is 4.74 Å². The predicted molar refractivity (Wildman–Crippen MR) is 93.3 cm³/mol. The van der Waals surface area contributed by atoms with Gasteiger partial charge < -0.3 is 4.74 Å². The molecular weight excluding hydrogens is 312 g/mol. The first-order chi connectivity index (χ1) is 12.1. The van der Waals surface area contributed by atoms with E-state index in [1.54, 1.807) is 0 Å². The number of esters is 1. The van der Waals surface area contributed by atoms with Crippen LogP contribution in [0.1, 0.15) is 34.3 Å². The number of carbonyl (C=O) groups is 2. The molecule has 2 saturated carbocycles. The van der Waals surface area contributed by atoms with Gasteiger partial charge in [-0.3, -0.25) is 9.59 Å². The molecule has 5 unspecified atom stereocenters. The maximum absolute atomic E-state index is 13.6. The molecular formula is C22H20O3. The van der Waals surface area contributed by atoms with Gasteiger partial charge in [-0.05, 0) is 28.9 Å². The number of hydrogen-bond donors (Lipinski definition) is 0. The summed E-state index contributed by atoms with van der Waals surface area (Å²) in [5.74, 6) is 0.594. The van der Waals surface area contributed by atoms with Gasteiger partial charge in [0.15, 0.2) is 5.78 Å². The minimum absolute atomic E-state index is 0.0718. The molecule has 0 N–H and O–H groups in total. The van der Waals surface area contributed by atoms with Crippen molar-refractivity contribution < 1.29 is 14.3 Å². The van der Waals surface area contributed by atoms with Gasteiger partial charge in [-0.15, -0.1) is 0 Å². The van der Waals surface area contributed by atoms with E-state index in [9.17, 15) is 9.59 Å². The number of benzene rings is 2. The van der Waals surface area contributed by atoms with Gasteiger partial charge in [-0.2, -0.15) is 0 Å². The molecule has 4 aliphatic rings. The van der Waals surface area contributed by atoms with Gasteiger partial charge in [0.05, 0.1) is 18.4 Å². The van der Waals surface area contributed by atoms with Gasteiger partial charge in [0.2, 0.25) is 0 Å². The van der Waals surface area contributed by atoms with Gasteiger partial charge in [0.1, 0.15) is 0 Å². The summed E-state index contributed by atoms with van der Waals surface area (Å²) in [6, 6.07) is 17.7. The van der Waals surface area contributed by atoms with Crippen LogP contribution in [-0.4, -0.2) is 18.9 Å². The topological polar surface area (TPSA) is 43.4 Å². The summed E-state index contributed by atoms with van der Waals surface area (Å²) in [6.07, 6.45) is 0. The second kappa shape index (κ2) is 4.81. The first-order valence-electron chi connectivity index (χ1n) is 8.91. The lowest BCUT2D eigenvalue weighted by Gasteiger charge is -2.40. The third-order valence-electron chi connectivity index (χ3n) is 6.89. The van der Waals surface area contributed by atoms with Crippen molar-refractivity contribution in [3.05, 3.63) is 71.3 Å². The zero-order valence-corrected chi connectivity index (χ0v) is 14.3. The fourth-order valence-corrected chi connectivity index (χ4v) is 6.15. The monoisotopic (exact) mass is 332 g/mol. The Morgan fingerprint density at radius 1 is 0.960 bits per heavy atom. The zero-order chi connectivity index (χ0) is 17.3. The van der Waals surface area contributed by atoms with Crippen LogP contribution in [-0.2, 0) is 14.9 Å². The summed E-state index contributed by atoms with van der Waals surface area (Å²) in [7, 11) is 1.45. The first-order valence-corrected chi connectivity index (χ1v) is 8.91. The molecule has 0 aliphatic heterocycles. The van der Waals surface area contributed by atoms with Gasteiger partial charge >= 0.3 is 5.97 Å². The van der Waals surface area contributed by atoms with E-state index < -0.39 is 5.41 Å². The largest absolute Gasteiger partial charge is 0.469 e. The lowest BCUT2D eigenvalue weighted by molar-refractivity contribution is -0.147. The summed E-state index contributed by atoms with van der Waals surface area (Å²) in [4.78, 5) is 26.2. The summed E-state index contributed by atoms with van der Waals surface area (Å²) < 4.78 is 5.13. The average Bonchev–Trinajstić information content (AvgIpc) is 3.29. The van der Waals surface area contributed by atoms with Crippen molar-refractivity contribution in [3.8, 4) is 0 Å². The molecule has 2 aromatic rings. The number of Topliss-reactive ketones (excluding diaryl/α,β-unsaturated/α-hetero) is 1. The maximum atomic E-state index is 13.6. The molecule has 3 nitrogen and oxygen atoms in total. The van der Waals surface area contributed by atoms with E-state index >= 15 is 0 Å². The second-order valence-corrected chi connectivity index (χ2v) is 7.64. The second-order valence-electron chi connectivity index (χ2n) is 7.64. The van der Waals surface area contributed by atoms with Crippen LogP contribution in [0.5, 0.6) is 0 Å². The van der Waals surface area contributed by atoms with Crippen LogP contribution in [0.2, 0.25) is 0 Å². The van der Waals surface area contributed by atoms with E-state index in [-0.39, 0.29) is 35.4 Å². The van der Waals surface area contributed by atoms with Crippen molar-refractivity contribution in [1.29, 1.82) is 0 Å². The van der Waals surface area contributed by atoms with Crippen LogP contribution in [0.25, 0.3) is 0 Å². The minimum Gasteiger partial charge on any atom is -0.469 e. The molecule has 0 aromatic heterocycles. The Hall–Kier alpha value is -2.42. The molecule has 0 radical (unpaired) electrons. The molecule has 2 fully saturated rings. The van der Waals surface area contributed by atoms with Crippen molar-refractivity contribution in [2.24, 2.45) is 23.7 Å².